The Morgan fingerprint density at radius 3 is 2.33 bits per heavy atom. The van der Waals surface area contributed by atoms with E-state index >= 15 is 0 Å². The minimum atomic E-state index is 0.307. The second-order valence-electron chi connectivity index (χ2n) is 1.02. The van der Waals surface area contributed by atoms with Crippen LogP contribution in [0.15, 0.2) is 0 Å². The maximum atomic E-state index is 11.5. The second kappa shape index (κ2) is 3.37. The van der Waals surface area contributed by atoms with Crippen molar-refractivity contribution in [3.63, 3.8) is 0 Å². The molecule has 0 radical (unpaired) electrons. The van der Waals surface area contributed by atoms with Crippen molar-refractivity contribution in [3.8, 4) is 0 Å². The molecule has 0 fully saturated rings. The van der Waals surface area contributed by atoms with Crippen LogP contribution in [0.4, 0.5) is 4.48 Å². The van der Waals surface area contributed by atoms with Gasteiger partial charge >= 0.3 is 0 Å². The lowest BCUT2D eigenvalue weighted by Crippen LogP contribution is -2.08. The average Bonchev–Trinajstić information content (AvgIpc) is 1.35. The summed E-state index contributed by atoms with van der Waals surface area (Å²) in [6.07, 6.45) is 0. The summed E-state index contributed by atoms with van der Waals surface area (Å²) in [6, 6.07) is 0. The molecule has 0 aromatic carbocycles. The average molecular weight is 112 g/mol. The predicted molar refractivity (Wildman–Crippen MR) is 24.5 cm³/mol. The third-order valence-electron chi connectivity index (χ3n) is 0.393. The van der Waals surface area contributed by atoms with E-state index < -0.39 is 0 Å². The summed E-state index contributed by atoms with van der Waals surface area (Å²) < 4.78 is 11.5. The van der Waals surface area contributed by atoms with Crippen LogP contribution < -0.4 is 0 Å². The largest absolute Gasteiger partial charge is 0.148 e. The number of halogens is 2. The van der Waals surface area contributed by atoms with E-state index in [9.17, 15) is 4.48 Å². The second-order valence-corrected chi connectivity index (χ2v) is 1.40. The lowest BCUT2D eigenvalue weighted by atomic mass is 10.8. The standard InChI is InChI=1S/C3H7ClFN/c1-6(5)3-2-4/h2-3H2,1H3. The molecular formula is C3H7ClFN. The first-order chi connectivity index (χ1) is 2.77. The summed E-state index contributed by atoms with van der Waals surface area (Å²) in [7, 11) is 1.34. The maximum absolute atomic E-state index is 11.5. The molecule has 0 aliphatic heterocycles. The van der Waals surface area contributed by atoms with Crippen molar-refractivity contribution >= 4 is 11.6 Å². The summed E-state index contributed by atoms with van der Waals surface area (Å²) in [5.41, 5.74) is 0. The van der Waals surface area contributed by atoms with Gasteiger partial charge in [0.1, 0.15) is 0 Å². The first kappa shape index (κ1) is 6.18. The van der Waals surface area contributed by atoms with Crippen LogP contribution in [0.5, 0.6) is 0 Å². The van der Waals surface area contributed by atoms with Crippen LogP contribution in [-0.2, 0) is 0 Å². The zero-order chi connectivity index (χ0) is 4.99. The Morgan fingerprint density at radius 1 is 1.83 bits per heavy atom. The van der Waals surface area contributed by atoms with Crippen LogP contribution in [0.3, 0.4) is 0 Å². The highest BCUT2D eigenvalue weighted by atomic mass is 35.5. The molecule has 1 nitrogen and oxygen atoms in total. The van der Waals surface area contributed by atoms with Crippen LogP contribution in [0.2, 0.25) is 0 Å². The van der Waals surface area contributed by atoms with Gasteiger partial charge in [0.2, 0.25) is 0 Å². The van der Waals surface area contributed by atoms with Gasteiger partial charge in [-0.05, 0) is 0 Å². The lowest BCUT2D eigenvalue weighted by molar-refractivity contribution is 0.0687. The van der Waals surface area contributed by atoms with Crippen LogP contribution in [0.25, 0.3) is 0 Å². The molecule has 0 aromatic heterocycles. The van der Waals surface area contributed by atoms with Crippen molar-refractivity contribution in [1.82, 2.24) is 5.12 Å². The van der Waals surface area contributed by atoms with E-state index in [4.69, 9.17) is 11.6 Å². The highest BCUT2D eigenvalue weighted by Gasteiger charge is 1.86. The molecule has 0 amide bonds. The van der Waals surface area contributed by atoms with Crippen LogP contribution in [-0.4, -0.2) is 24.6 Å². The fourth-order valence-electron chi connectivity index (χ4n) is 0.116. The molecule has 38 valence electrons. The third-order valence-corrected chi connectivity index (χ3v) is 0.562. The van der Waals surface area contributed by atoms with Gasteiger partial charge in [0, 0.05) is 19.5 Å². The molecule has 0 heterocycles. The minimum absolute atomic E-state index is 0.307. The first-order valence-electron chi connectivity index (χ1n) is 1.70. The normalized spacial score (nSPS) is 10.0. The molecule has 0 saturated carbocycles. The first-order valence-corrected chi connectivity index (χ1v) is 2.23. The summed E-state index contributed by atoms with van der Waals surface area (Å²) >= 11 is 5.11. The van der Waals surface area contributed by atoms with Crippen molar-refractivity contribution in [2.75, 3.05) is 19.5 Å². The van der Waals surface area contributed by atoms with Crippen molar-refractivity contribution in [2.45, 2.75) is 0 Å². The highest BCUT2D eigenvalue weighted by Crippen LogP contribution is 1.81. The van der Waals surface area contributed by atoms with Crippen LogP contribution in [0.1, 0.15) is 0 Å². The van der Waals surface area contributed by atoms with E-state index in [-0.39, 0.29) is 0 Å². The van der Waals surface area contributed by atoms with Gasteiger partial charge in [-0.3, -0.25) is 0 Å². The summed E-state index contributed by atoms with van der Waals surface area (Å²) in [6.45, 7) is 0.307. The van der Waals surface area contributed by atoms with Crippen LogP contribution >= 0.6 is 11.6 Å². The van der Waals surface area contributed by atoms with Gasteiger partial charge in [0.15, 0.2) is 0 Å². The van der Waals surface area contributed by atoms with Crippen molar-refractivity contribution in [2.24, 2.45) is 0 Å². The summed E-state index contributed by atoms with van der Waals surface area (Å²) in [5, 5.41) is 0.549. The maximum Gasteiger partial charge on any atom is 0.0423 e. The molecule has 0 unspecified atom stereocenters. The summed E-state index contributed by atoms with van der Waals surface area (Å²) in [4.78, 5) is 0. The molecule has 3 heteroatoms. The smallest absolute Gasteiger partial charge is 0.0423 e. The van der Waals surface area contributed by atoms with Gasteiger partial charge in [-0.25, -0.2) is 0 Å². The van der Waals surface area contributed by atoms with E-state index in [1.54, 1.807) is 0 Å². The molecule has 0 N–H and O–H groups in total. The number of nitrogens with zero attached hydrogens (tertiary/aromatic N) is 1. The van der Waals surface area contributed by atoms with E-state index in [2.05, 4.69) is 0 Å². The fourth-order valence-corrected chi connectivity index (χ4v) is 0.349. The van der Waals surface area contributed by atoms with Gasteiger partial charge in [-0.2, -0.15) is 0 Å². The van der Waals surface area contributed by atoms with Crippen molar-refractivity contribution in [1.29, 1.82) is 0 Å². The Labute approximate surface area is 41.6 Å². The molecule has 0 rings (SSSR count). The zero-order valence-corrected chi connectivity index (χ0v) is 4.37. The molecule has 0 atom stereocenters. The van der Waals surface area contributed by atoms with E-state index in [0.29, 0.717) is 17.5 Å². The number of hydrogen-bond acceptors (Lipinski definition) is 1. The number of hydrogen-bond donors (Lipinski definition) is 0. The van der Waals surface area contributed by atoms with Gasteiger partial charge in [0.05, 0.1) is 0 Å². The van der Waals surface area contributed by atoms with E-state index in [0.717, 1.165) is 0 Å². The van der Waals surface area contributed by atoms with Crippen molar-refractivity contribution in [3.05, 3.63) is 0 Å². The number of rotatable bonds is 2. The molecule has 6 heavy (non-hydrogen) atoms. The SMILES string of the molecule is CN(F)CCCl. The Hall–Kier alpha value is 0.180. The molecular weight excluding hydrogens is 104 g/mol. The monoisotopic (exact) mass is 111 g/mol. The van der Waals surface area contributed by atoms with Gasteiger partial charge < -0.3 is 0 Å². The van der Waals surface area contributed by atoms with Gasteiger partial charge in [0.25, 0.3) is 0 Å². The zero-order valence-electron chi connectivity index (χ0n) is 3.62. The lowest BCUT2D eigenvalue weighted by Gasteiger charge is -1.96. The topological polar surface area (TPSA) is 3.24 Å². The van der Waals surface area contributed by atoms with Crippen LogP contribution in [0, 0.1) is 0 Å². The Balaban J connectivity index is 2.63. The molecule has 0 aliphatic rings. The summed E-state index contributed by atoms with van der Waals surface area (Å²) in [5.74, 6) is 0.354. The molecule has 0 spiro atoms. The Kier molecular flexibility index (Phi) is 3.47. The molecule has 0 saturated heterocycles. The highest BCUT2D eigenvalue weighted by molar-refractivity contribution is 6.18. The predicted octanol–water partition coefficient (Wildman–Crippen LogP) is 1.04. The van der Waals surface area contributed by atoms with E-state index in [1.807, 2.05) is 0 Å². The quantitative estimate of drug-likeness (QED) is 0.380. The molecule has 0 aliphatic carbocycles. The molecule has 0 aromatic rings. The third kappa shape index (κ3) is 4.18. The van der Waals surface area contributed by atoms with Gasteiger partial charge in [-0.15, -0.1) is 21.2 Å². The Bertz CT molecular complexity index is 32.0. The minimum Gasteiger partial charge on any atom is -0.148 e. The van der Waals surface area contributed by atoms with Crippen molar-refractivity contribution < 1.29 is 4.48 Å². The fraction of sp³-hybridized carbons (Fsp3) is 1.00. The number of alkyl halides is 1. The Morgan fingerprint density at radius 2 is 2.33 bits per heavy atom. The van der Waals surface area contributed by atoms with Gasteiger partial charge in [-0.1, -0.05) is 0 Å². The van der Waals surface area contributed by atoms with E-state index in [1.165, 1.54) is 7.05 Å². The molecule has 0 bridgehead atoms.